The van der Waals surface area contributed by atoms with Crippen molar-refractivity contribution < 1.29 is 4.79 Å². The molecule has 6 nitrogen and oxygen atoms in total. The van der Waals surface area contributed by atoms with Gasteiger partial charge >= 0.3 is 0 Å². The molecule has 0 radical (unpaired) electrons. The lowest BCUT2D eigenvalue weighted by Crippen LogP contribution is -2.49. The number of benzene rings is 1. The molecule has 1 aromatic carbocycles. The minimum atomic E-state index is 0.143. The molecule has 3 heterocycles. The first-order valence-electron chi connectivity index (χ1n) is 8.26. The highest BCUT2D eigenvalue weighted by atomic mass is 35.5. The molecule has 128 valence electrons. The van der Waals surface area contributed by atoms with Crippen LogP contribution in [0.25, 0.3) is 10.9 Å². The Labute approximate surface area is 150 Å². The molecule has 0 spiro atoms. The summed E-state index contributed by atoms with van der Waals surface area (Å²) in [6, 6.07) is 7.49. The van der Waals surface area contributed by atoms with Crippen molar-refractivity contribution in [1.82, 2.24) is 19.9 Å². The summed E-state index contributed by atoms with van der Waals surface area (Å²) in [6.45, 7) is 2.87. The van der Waals surface area contributed by atoms with Crippen LogP contribution in [0.15, 0.2) is 42.9 Å². The van der Waals surface area contributed by atoms with Crippen molar-refractivity contribution in [2.75, 3.05) is 31.1 Å². The molecule has 1 saturated heterocycles. The molecular formula is C18H18ClN5O. The Bertz CT molecular complexity index is 887. The summed E-state index contributed by atoms with van der Waals surface area (Å²) in [5, 5.41) is 1.74. The molecule has 0 bridgehead atoms. The largest absolute Gasteiger partial charge is 0.361 e. The highest BCUT2D eigenvalue weighted by Crippen LogP contribution is 2.23. The Morgan fingerprint density at radius 1 is 1.16 bits per heavy atom. The molecule has 0 saturated carbocycles. The van der Waals surface area contributed by atoms with Crippen molar-refractivity contribution in [2.45, 2.75) is 6.42 Å². The molecular weight excluding hydrogens is 338 g/mol. The average Bonchev–Trinajstić information content (AvgIpc) is 3.04. The van der Waals surface area contributed by atoms with Gasteiger partial charge in [-0.25, -0.2) is 9.97 Å². The third-order valence-electron chi connectivity index (χ3n) is 4.54. The Morgan fingerprint density at radius 3 is 2.68 bits per heavy atom. The smallest absolute Gasteiger partial charge is 0.227 e. The van der Waals surface area contributed by atoms with E-state index in [2.05, 4.69) is 19.9 Å². The zero-order chi connectivity index (χ0) is 17.2. The van der Waals surface area contributed by atoms with Crippen LogP contribution in [0, 0.1) is 0 Å². The van der Waals surface area contributed by atoms with Crippen molar-refractivity contribution in [3.05, 3.63) is 53.4 Å². The minimum Gasteiger partial charge on any atom is -0.361 e. The first kappa shape index (κ1) is 15.9. The van der Waals surface area contributed by atoms with Crippen LogP contribution in [-0.4, -0.2) is 51.9 Å². The number of aromatic amines is 1. The van der Waals surface area contributed by atoms with Crippen LogP contribution >= 0.6 is 11.6 Å². The number of hydrogen-bond acceptors (Lipinski definition) is 4. The first-order chi connectivity index (χ1) is 12.2. The van der Waals surface area contributed by atoms with Crippen molar-refractivity contribution in [3.63, 3.8) is 0 Å². The normalized spacial score (nSPS) is 14.9. The van der Waals surface area contributed by atoms with E-state index in [4.69, 9.17) is 11.6 Å². The number of carbonyl (C=O) groups excluding carboxylic acids is 1. The Morgan fingerprint density at radius 2 is 1.92 bits per heavy atom. The Hall–Kier alpha value is -2.60. The molecule has 1 fully saturated rings. The summed E-state index contributed by atoms with van der Waals surface area (Å²) >= 11 is 6.01. The molecule has 0 atom stereocenters. The molecule has 1 aliphatic heterocycles. The lowest BCUT2D eigenvalue weighted by Gasteiger charge is -2.34. The standard InChI is InChI=1S/C18H18ClN5O/c19-14-2-3-15-13(12-22-16(15)11-14)10-17(25)23-6-8-24(9-7-23)18-20-4-1-5-21-18/h1-5,11-12,22H,6-10H2. The molecule has 7 heteroatoms. The van der Waals surface area contributed by atoms with Crippen LogP contribution in [-0.2, 0) is 11.2 Å². The van der Waals surface area contributed by atoms with Crippen LogP contribution in [0.1, 0.15) is 5.56 Å². The van der Waals surface area contributed by atoms with Gasteiger partial charge in [-0.2, -0.15) is 0 Å². The van der Waals surface area contributed by atoms with Gasteiger partial charge in [-0.05, 0) is 23.8 Å². The van der Waals surface area contributed by atoms with Gasteiger partial charge < -0.3 is 14.8 Å². The lowest BCUT2D eigenvalue weighted by molar-refractivity contribution is -0.130. The third-order valence-corrected chi connectivity index (χ3v) is 4.77. The van der Waals surface area contributed by atoms with Gasteiger partial charge in [0.1, 0.15) is 0 Å². The van der Waals surface area contributed by atoms with Crippen molar-refractivity contribution in [3.8, 4) is 0 Å². The van der Waals surface area contributed by atoms with E-state index in [1.54, 1.807) is 18.5 Å². The van der Waals surface area contributed by atoms with E-state index >= 15 is 0 Å². The molecule has 0 unspecified atom stereocenters. The maximum Gasteiger partial charge on any atom is 0.227 e. The Balaban J connectivity index is 1.40. The van der Waals surface area contributed by atoms with Crippen molar-refractivity contribution >= 4 is 34.4 Å². The van der Waals surface area contributed by atoms with E-state index in [0.717, 1.165) is 35.5 Å². The van der Waals surface area contributed by atoms with E-state index in [9.17, 15) is 4.79 Å². The molecule has 25 heavy (non-hydrogen) atoms. The van der Waals surface area contributed by atoms with Crippen LogP contribution < -0.4 is 4.90 Å². The number of rotatable bonds is 3. The SMILES string of the molecule is O=C(Cc1c[nH]c2cc(Cl)ccc12)N1CCN(c2ncccn2)CC1. The van der Waals surface area contributed by atoms with E-state index in [1.807, 2.05) is 29.3 Å². The topological polar surface area (TPSA) is 65.1 Å². The molecule has 2 aromatic heterocycles. The van der Waals surface area contributed by atoms with Crippen LogP contribution in [0.4, 0.5) is 5.95 Å². The average molecular weight is 356 g/mol. The Kier molecular flexibility index (Phi) is 4.28. The predicted molar refractivity (Wildman–Crippen MR) is 97.8 cm³/mol. The van der Waals surface area contributed by atoms with Gasteiger partial charge in [0.15, 0.2) is 0 Å². The van der Waals surface area contributed by atoms with Crippen LogP contribution in [0.5, 0.6) is 0 Å². The van der Waals surface area contributed by atoms with E-state index in [1.165, 1.54) is 0 Å². The second-order valence-corrected chi connectivity index (χ2v) is 6.53. The number of nitrogens with zero attached hydrogens (tertiary/aromatic N) is 4. The first-order valence-corrected chi connectivity index (χ1v) is 8.64. The van der Waals surface area contributed by atoms with Gasteiger partial charge in [-0.15, -0.1) is 0 Å². The zero-order valence-electron chi connectivity index (χ0n) is 13.7. The van der Waals surface area contributed by atoms with Gasteiger partial charge in [-0.1, -0.05) is 17.7 Å². The monoisotopic (exact) mass is 355 g/mol. The van der Waals surface area contributed by atoms with E-state index in [0.29, 0.717) is 24.5 Å². The summed E-state index contributed by atoms with van der Waals surface area (Å²) < 4.78 is 0. The van der Waals surface area contributed by atoms with E-state index in [-0.39, 0.29) is 5.91 Å². The number of aromatic nitrogens is 3. The zero-order valence-corrected chi connectivity index (χ0v) is 14.4. The summed E-state index contributed by atoms with van der Waals surface area (Å²) in [4.78, 5) is 28.4. The number of carbonyl (C=O) groups is 1. The maximum absolute atomic E-state index is 12.7. The van der Waals surface area contributed by atoms with Crippen molar-refractivity contribution in [2.24, 2.45) is 0 Å². The van der Waals surface area contributed by atoms with Gasteiger partial charge in [0, 0.05) is 60.7 Å². The van der Waals surface area contributed by atoms with Gasteiger partial charge in [0.25, 0.3) is 0 Å². The maximum atomic E-state index is 12.7. The molecule has 1 N–H and O–H groups in total. The van der Waals surface area contributed by atoms with Crippen LogP contribution in [0.3, 0.4) is 0 Å². The summed E-state index contributed by atoms with van der Waals surface area (Å²) in [7, 11) is 0. The summed E-state index contributed by atoms with van der Waals surface area (Å²) in [5.74, 6) is 0.868. The fraction of sp³-hybridized carbons (Fsp3) is 0.278. The minimum absolute atomic E-state index is 0.143. The second-order valence-electron chi connectivity index (χ2n) is 6.10. The summed E-state index contributed by atoms with van der Waals surface area (Å²) in [5.41, 5.74) is 1.96. The number of halogens is 1. The molecule has 1 aliphatic rings. The number of nitrogens with one attached hydrogen (secondary N) is 1. The highest BCUT2D eigenvalue weighted by Gasteiger charge is 2.23. The lowest BCUT2D eigenvalue weighted by atomic mass is 10.1. The number of fused-ring (bicyclic) bond motifs is 1. The number of H-pyrrole nitrogens is 1. The van der Waals surface area contributed by atoms with E-state index < -0.39 is 0 Å². The fourth-order valence-corrected chi connectivity index (χ4v) is 3.36. The number of hydrogen-bond donors (Lipinski definition) is 1. The van der Waals surface area contributed by atoms with Gasteiger partial charge in [0.05, 0.1) is 6.42 Å². The molecule has 3 aromatic rings. The highest BCUT2D eigenvalue weighted by molar-refractivity contribution is 6.31. The van der Waals surface area contributed by atoms with Gasteiger partial charge in [-0.3, -0.25) is 4.79 Å². The molecule has 1 amide bonds. The fourth-order valence-electron chi connectivity index (χ4n) is 3.19. The molecule has 0 aliphatic carbocycles. The van der Waals surface area contributed by atoms with Crippen LogP contribution in [0.2, 0.25) is 5.02 Å². The predicted octanol–water partition coefficient (Wildman–Crippen LogP) is 2.50. The molecule has 4 rings (SSSR count). The quantitative estimate of drug-likeness (QED) is 0.784. The second kappa shape index (κ2) is 6.72. The van der Waals surface area contributed by atoms with Gasteiger partial charge in [0.2, 0.25) is 11.9 Å². The van der Waals surface area contributed by atoms with Crippen molar-refractivity contribution in [1.29, 1.82) is 0 Å². The number of piperazine rings is 1. The number of anilines is 1. The number of amides is 1. The third kappa shape index (κ3) is 3.30. The summed E-state index contributed by atoms with van der Waals surface area (Å²) in [6.07, 6.45) is 5.77.